The van der Waals surface area contributed by atoms with Gasteiger partial charge in [0.2, 0.25) is 0 Å². The molecule has 1 aromatic carbocycles. The normalized spacial score (nSPS) is 10.4. The van der Waals surface area contributed by atoms with Gasteiger partial charge in [0.25, 0.3) is 11.8 Å². The fourth-order valence-electron chi connectivity index (χ4n) is 1.71. The van der Waals surface area contributed by atoms with Gasteiger partial charge in [-0.2, -0.15) is 11.3 Å². The van der Waals surface area contributed by atoms with E-state index in [4.69, 9.17) is 10.5 Å². The fraction of sp³-hybridized carbons (Fsp3) is 0.0625. The number of ether oxygens (including phenoxy) is 1. The molecule has 3 N–H and O–H groups in total. The monoisotopic (exact) mass is 330 g/mol. The van der Waals surface area contributed by atoms with Crippen LogP contribution in [0.5, 0.6) is 0 Å². The molecule has 0 aliphatic rings. The van der Waals surface area contributed by atoms with Crippen molar-refractivity contribution in [3.8, 4) is 0 Å². The van der Waals surface area contributed by atoms with Crippen molar-refractivity contribution in [2.24, 2.45) is 5.73 Å². The van der Waals surface area contributed by atoms with Gasteiger partial charge in [-0.3, -0.25) is 9.59 Å². The van der Waals surface area contributed by atoms with Crippen LogP contribution in [0, 0.1) is 0 Å². The number of primary amides is 1. The van der Waals surface area contributed by atoms with Gasteiger partial charge in [0.15, 0.2) is 6.61 Å². The third kappa shape index (κ3) is 5.08. The van der Waals surface area contributed by atoms with Crippen LogP contribution in [0.2, 0.25) is 0 Å². The van der Waals surface area contributed by atoms with Crippen LogP contribution in [0.3, 0.4) is 0 Å². The SMILES string of the molecule is NC(=O)c1ccccc1NC(=O)COC(=O)/C=C/c1ccsc1. The van der Waals surface area contributed by atoms with Gasteiger partial charge in [-0.1, -0.05) is 12.1 Å². The molecule has 0 fully saturated rings. The molecule has 2 aromatic rings. The van der Waals surface area contributed by atoms with E-state index in [0.717, 1.165) is 5.56 Å². The van der Waals surface area contributed by atoms with Crippen molar-refractivity contribution in [2.45, 2.75) is 0 Å². The molecule has 118 valence electrons. The van der Waals surface area contributed by atoms with E-state index in [0.29, 0.717) is 0 Å². The third-order valence-electron chi connectivity index (χ3n) is 2.77. The standard InChI is InChI=1S/C16H14N2O4S/c17-16(21)12-3-1-2-4-13(12)18-14(19)9-22-15(20)6-5-11-7-8-23-10-11/h1-8,10H,9H2,(H2,17,21)(H,18,19)/b6-5+. The zero-order valence-electron chi connectivity index (χ0n) is 12.0. The lowest BCUT2D eigenvalue weighted by molar-refractivity contribution is -0.142. The molecule has 23 heavy (non-hydrogen) atoms. The summed E-state index contributed by atoms with van der Waals surface area (Å²) in [5.41, 5.74) is 6.55. The molecule has 0 radical (unpaired) electrons. The number of carbonyl (C=O) groups excluding carboxylic acids is 3. The van der Waals surface area contributed by atoms with Gasteiger partial charge in [0, 0.05) is 6.08 Å². The summed E-state index contributed by atoms with van der Waals surface area (Å²) in [6.45, 7) is -0.458. The highest BCUT2D eigenvalue weighted by molar-refractivity contribution is 7.08. The van der Waals surface area contributed by atoms with Crippen molar-refractivity contribution < 1.29 is 19.1 Å². The summed E-state index contributed by atoms with van der Waals surface area (Å²) in [6, 6.07) is 8.16. The molecule has 1 heterocycles. The highest BCUT2D eigenvalue weighted by Crippen LogP contribution is 2.14. The molecule has 0 bridgehead atoms. The molecule has 0 atom stereocenters. The number of benzene rings is 1. The quantitative estimate of drug-likeness (QED) is 0.625. The molecule has 2 rings (SSSR count). The molecular weight excluding hydrogens is 316 g/mol. The summed E-state index contributed by atoms with van der Waals surface area (Å²) in [7, 11) is 0. The van der Waals surface area contributed by atoms with Crippen LogP contribution in [0.1, 0.15) is 15.9 Å². The highest BCUT2D eigenvalue weighted by Gasteiger charge is 2.11. The smallest absolute Gasteiger partial charge is 0.331 e. The third-order valence-corrected chi connectivity index (χ3v) is 3.47. The minimum absolute atomic E-state index is 0.185. The van der Waals surface area contributed by atoms with Gasteiger partial charge in [0.05, 0.1) is 11.3 Å². The summed E-state index contributed by atoms with van der Waals surface area (Å²) < 4.78 is 4.82. The van der Waals surface area contributed by atoms with E-state index in [1.54, 1.807) is 18.2 Å². The summed E-state index contributed by atoms with van der Waals surface area (Å²) in [4.78, 5) is 34.5. The number of rotatable bonds is 6. The van der Waals surface area contributed by atoms with Gasteiger partial charge < -0.3 is 15.8 Å². The average Bonchev–Trinajstić information content (AvgIpc) is 3.04. The van der Waals surface area contributed by atoms with Gasteiger partial charge in [-0.15, -0.1) is 0 Å². The number of thiophene rings is 1. The molecular formula is C16H14N2O4S. The Morgan fingerprint density at radius 1 is 1.22 bits per heavy atom. The molecule has 7 heteroatoms. The van der Waals surface area contributed by atoms with E-state index < -0.39 is 24.4 Å². The van der Waals surface area contributed by atoms with Crippen molar-refractivity contribution in [1.82, 2.24) is 0 Å². The number of nitrogens with one attached hydrogen (secondary N) is 1. The Morgan fingerprint density at radius 3 is 2.70 bits per heavy atom. The second-order valence-electron chi connectivity index (χ2n) is 4.46. The van der Waals surface area contributed by atoms with Crippen LogP contribution in [-0.4, -0.2) is 24.4 Å². The molecule has 6 nitrogen and oxygen atoms in total. The second-order valence-corrected chi connectivity index (χ2v) is 5.24. The number of anilines is 1. The van der Waals surface area contributed by atoms with Crippen LogP contribution in [0.4, 0.5) is 5.69 Å². The van der Waals surface area contributed by atoms with Gasteiger partial charge in [-0.25, -0.2) is 4.79 Å². The Kier molecular flexibility index (Phi) is 5.65. The lowest BCUT2D eigenvalue weighted by Crippen LogP contribution is -2.22. The Balaban J connectivity index is 1.86. The van der Waals surface area contributed by atoms with Gasteiger partial charge >= 0.3 is 5.97 Å². The number of amides is 2. The summed E-state index contributed by atoms with van der Waals surface area (Å²) in [5.74, 6) is -1.85. The summed E-state index contributed by atoms with van der Waals surface area (Å²) >= 11 is 1.51. The Morgan fingerprint density at radius 2 is 2.00 bits per heavy atom. The largest absolute Gasteiger partial charge is 0.452 e. The van der Waals surface area contributed by atoms with Crippen LogP contribution < -0.4 is 11.1 Å². The minimum atomic E-state index is -0.656. The number of hydrogen-bond donors (Lipinski definition) is 2. The molecule has 0 saturated heterocycles. The van der Waals surface area contributed by atoms with E-state index in [-0.39, 0.29) is 11.3 Å². The first-order chi connectivity index (χ1) is 11.1. The van der Waals surface area contributed by atoms with Crippen LogP contribution in [0.15, 0.2) is 47.2 Å². The van der Waals surface area contributed by atoms with Crippen molar-refractivity contribution >= 4 is 40.9 Å². The molecule has 0 saturated carbocycles. The van der Waals surface area contributed by atoms with Crippen molar-refractivity contribution in [2.75, 3.05) is 11.9 Å². The van der Waals surface area contributed by atoms with Gasteiger partial charge in [0.1, 0.15) is 0 Å². The Hall–Kier alpha value is -2.93. The molecule has 0 unspecified atom stereocenters. The van der Waals surface area contributed by atoms with E-state index in [2.05, 4.69) is 5.32 Å². The predicted octanol–water partition coefficient (Wildman–Crippen LogP) is 2.04. The number of carbonyl (C=O) groups is 3. The van der Waals surface area contributed by atoms with Crippen LogP contribution in [-0.2, 0) is 14.3 Å². The van der Waals surface area contributed by atoms with Crippen molar-refractivity contribution in [3.63, 3.8) is 0 Å². The first-order valence-electron chi connectivity index (χ1n) is 6.62. The topological polar surface area (TPSA) is 98.5 Å². The predicted molar refractivity (Wildman–Crippen MR) is 87.9 cm³/mol. The average molecular weight is 330 g/mol. The fourth-order valence-corrected chi connectivity index (χ4v) is 2.34. The number of esters is 1. The van der Waals surface area contributed by atoms with E-state index in [9.17, 15) is 14.4 Å². The molecule has 0 aliphatic heterocycles. The number of hydrogen-bond acceptors (Lipinski definition) is 5. The highest BCUT2D eigenvalue weighted by atomic mass is 32.1. The molecule has 0 spiro atoms. The maximum atomic E-state index is 11.8. The number of nitrogens with two attached hydrogens (primary N) is 1. The van der Waals surface area contributed by atoms with Crippen LogP contribution in [0.25, 0.3) is 6.08 Å². The van der Waals surface area contributed by atoms with Crippen molar-refractivity contribution in [1.29, 1.82) is 0 Å². The lowest BCUT2D eigenvalue weighted by atomic mass is 10.1. The Labute approximate surface area is 136 Å². The minimum Gasteiger partial charge on any atom is -0.452 e. The molecule has 0 aliphatic carbocycles. The zero-order valence-corrected chi connectivity index (χ0v) is 12.8. The van der Waals surface area contributed by atoms with E-state index in [1.807, 2.05) is 16.8 Å². The first-order valence-corrected chi connectivity index (χ1v) is 7.56. The maximum Gasteiger partial charge on any atom is 0.331 e. The maximum absolute atomic E-state index is 11.8. The van der Waals surface area contributed by atoms with Gasteiger partial charge in [-0.05, 0) is 40.6 Å². The first kappa shape index (κ1) is 16.4. The molecule has 2 amide bonds. The van der Waals surface area contributed by atoms with E-state index >= 15 is 0 Å². The number of para-hydroxylation sites is 1. The second kappa shape index (κ2) is 7.90. The van der Waals surface area contributed by atoms with Crippen molar-refractivity contribution in [3.05, 3.63) is 58.3 Å². The van der Waals surface area contributed by atoms with E-state index in [1.165, 1.54) is 29.5 Å². The lowest BCUT2D eigenvalue weighted by Gasteiger charge is -2.08. The zero-order chi connectivity index (χ0) is 16.7. The van der Waals surface area contributed by atoms with Crippen LogP contribution >= 0.6 is 11.3 Å². The Bertz CT molecular complexity index is 738. The molecule has 1 aromatic heterocycles. The summed E-state index contributed by atoms with van der Waals surface area (Å²) in [5, 5.41) is 6.23. The summed E-state index contributed by atoms with van der Waals surface area (Å²) in [6.07, 6.45) is 2.84.